The van der Waals surface area contributed by atoms with Gasteiger partial charge >= 0.3 is 5.97 Å². The van der Waals surface area contributed by atoms with Crippen molar-refractivity contribution in [2.45, 2.75) is 65.9 Å². The molecule has 0 aromatic heterocycles. The molecule has 0 heterocycles. The normalized spacial score (nSPS) is 10.9. The predicted octanol–water partition coefficient (Wildman–Crippen LogP) is 7.47. The highest BCUT2D eigenvalue weighted by Gasteiger charge is 2.12. The van der Waals surface area contributed by atoms with Crippen LogP contribution in [0.2, 0.25) is 0 Å². The molecule has 0 aliphatic heterocycles. The Bertz CT molecular complexity index is 1140. The molecule has 3 rings (SSSR count). The maximum Gasteiger partial charge on any atom is 0.333 e. The van der Waals surface area contributed by atoms with Crippen molar-refractivity contribution in [2.75, 3.05) is 6.61 Å². The molecule has 0 fully saturated rings. The molecule has 0 radical (unpaired) electrons. The van der Waals surface area contributed by atoms with Gasteiger partial charge in [-0.25, -0.2) is 4.79 Å². The number of ether oxygens (including phenoxy) is 1. The maximum absolute atomic E-state index is 11.9. The van der Waals surface area contributed by atoms with Crippen LogP contribution in [0.25, 0.3) is 22.3 Å². The smallest absolute Gasteiger partial charge is 0.333 e. The second-order valence-electron chi connectivity index (χ2n) is 9.19. The molecule has 0 saturated heterocycles. The Labute approximate surface area is 210 Å². The van der Waals surface area contributed by atoms with Gasteiger partial charge in [0, 0.05) is 12.2 Å². The van der Waals surface area contributed by atoms with Gasteiger partial charge < -0.3 is 9.84 Å². The molecule has 184 valence electrons. The summed E-state index contributed by atoms with van der Waals surface area (Å²) in [5.41, 5.74) is 9.66. The van der Waals surface area contributed by atoms with Gasteiger partial charge in [-0.1, -0.05) is 87.9 Å². The SMILES string of the molecule is C=C(C)C(=O)OCc1cc(-c2ccc(-c3ccc(CCCCC)cc3)cc2CC)ccc1CCO. The van der Waals surface area contributed by atoms with Crippen molar-refractivity contribution in [1.82, 2.24) is 0 Å². The Morgan fingerprint density at radius 3 is 2.17 bits per heavy atom. The van der Waals surface area contributed by atoms with E-state index in [0.29, 0.717) is 12.0 Å². The Kier molecular flexibility index (Phi) is 9.86. The molecular formula is C32H38O3. The van der Waals surface area contributed by atoms with Crippen molar-refractivity contribution in [3.63, 3.8) is 0 Å². The van der Waals surface area contributed by atoms with Gasteiger partial charge in [0.15, 0.2) is 0 Å². The lowest BCUT2D eigenvalue weighted by molar-refractivity contribution is -0.140. The molecule has 0 aliphatic carbocycles. The van der Waals surface area contributed by atoms with Gasteiger partial charge in [-0.05, 0) is 83.2 Å². The zero-order valence-electron chi connectivity index (χ0n) is 21.4. The molecule has 3 aromatic rings. The molecule has 0 saturated carbocycles. The largest absolute Gasteiger partial charge is 0.457 e. The minimum absolute atomic E-state index is 0.0487. The predicted molar refractivity (Wildman–Crippen MR) is 145 cm³/mol. The Morgan fingerprint density at radius 1 is 0.829 bits per heavy atom. The summed E-state index contributed by atoms with van der Waals surface area (Å²) in [6.45, 7) is 9.92. The van der Waals surface area contributed by atoms with Gasteiger partial charge in [0.2, 0.25) is 0 Å². The third-order valence-corrected chi connectivity index (χ3v) is 6.45. The summed E-state index contributed by atoms with van der Waals surface area (Å²) in [5, 5.41) is 9.47. The van der Waals surface area contributed by atoms with Crippen LogP contribution in [0.4, 0.5) is 0 Å². The first-order valence-corrected chi connectivity index (χ1v) is 12.7. The number of hydrogen-bond acceptors (Lipinski definition) is 3. The number of rotatable bonds is 12. The number of carbonyl (C=O) groups is 1. The zero-order valence-corrected chi connectivity index (χ0v) is 21.4. The number of esters is 1. The molecule has 35 heavy (non-hydrogen) atoms. The average molecular weight is 471 g/mol. The monoisotopic (exact) mass is 470 g/mol. The van der Waals surface area contributed by atoms with E-state index in [1.165, 1.54) is 47.1 Å². The fraction of sp³-hybridized carbons (Fsp3) is 0.344. The summed E-state index contributed by atoms with van der Waals surface area (Å²) >= 11 is 0. The van der Waals surface area contributed by atoms with Crippen molar-refractivity contribution in [3.8, 4) is 22.3 Å². The molecule has 3 heteroatoms. The van der Waals surface area contributed by atoms with Crippen LogP contribution in [0.15, 0.2) is 72.8 Å². The van der Waals surface area contributed by atoms with E-state index in [4.69, 9.17) is 4.74 Å². The Morgan fingerprint density at radius 2 is 1.51 bits per heavy atom. The van der Waals surface area contributed by atoms with E-state index in [1.807, 2.05) is 6.07 Å². The topological polar surface area (TPSA) is 46.5 Å². The Balaban J connectivity index is 1.87. The summed E-state index contributed by atoms with van der Waals surface area (Å²) in [6.07, 6.45) is 6.35. The Hall–Kier alpha value is -3.17. The molecule has 3 nitrogen and oxygen atoms in total. The van der Waals surface area contributed by atoms with Crippen LogP contribution < -0.4 is 0 Å². The lowest BCUT2D eigenvalue weighted by Crippen LogP contribution is -2.07. The van der Waals surface area contributed by atoms with Crippen LogP contribution in [-0.4, -0.2) is 17.7 Å². The van der Waals surface area contributed by atoms with Crippen LogP contribution >= 0.6 is 0 Å². The molecule has 0 unspecified atom stereocenters. The first-order chi connectivity index (χ1) is 17.0. The quantitative estimate of drug-likeness (QED) is 0.170. The number of carbonyl (C=O) groups excluding carboxylic acids is 1. The third kappa shape index (κ3) is 7.16. The number of benzene rings is 3. The van der Waals surface area contributed by atoms with E-state index in [0.717, 1.165) is 29.5 Å². The standard InChI is InChI=1S/C32H38O3/c1-5-7-8-9-24-10-12-26(13-11-24)28-16-17-31(25(6-2)20-28)29-15-14-27(18-19-33)30(21-29)22-35-32(34)23(3)4/h10-17,20-21,33H,3,5-9,18-19,22H2,1-2,4H3. The number of unbranched alkanes of at least 4 members (excludes halogenated alkanes) is 2. The van der Waals surface area contributed by atoms with Gasteiger partial charge in [0.25, 0.3) is 0 Å². The summed E-state index contributed by atoms with van der Waals surface area (Å²) in [5.74, 6) is -0.402. The summed E-state index contributed by atoms with van der Waals surface area (Å²) in [7, 11) is 0. The van der Waals surface area contributed by atoms with E-state index >= 15 is 0 Å². The summed E-state index contributed by atoms with van der Waals surface area (Å²) in [6, 6.07) is 21.8. The second kappa shape index (κ2) is 13.1. The number of aliphatic hydroxyl groups excluding tert-OH is 1. The van der Waals surface area contributed by atoms with Crippen molar-refractivity contribution in [1.29, 1.82) is 0 Å². The van der Waals surface area contributed by atoms with Gasteiger partial charge in [0.1, 0.15) is 6.61 Å². The van der Waals surface area contributed by atoms with Crippen molar-refractivity contribution >= 4 is 5.97 Å². The van der Waals surface area contributed by atoms with Crippen LogP contribution in [0.1, 0.15) is 62.3 Å². The van der Waals surface area contributed by atoms with E-state index in [9.17, 15) is 9.90 Å². The fourth-order valence-electron chi connectivity index (χ4n) is 4.35. The fourth-order valence-corrected chi connectivity index (χ4v) is 4.35. The molecule has 0 atom stereocenters. The zero-order chi connectivity index (χ0) is 25.2. The van der Waals surface area contributed by atoms with Gasteiger partial charge in [-0.15, -0.1) is 0 Å². The van der Waals surface area contributed by atoms with Gasteiger partial charge in [0.05, 0.1) is 0 Å². The molecule has 3 aromatic carbocycles. The van der Waals surface area contributed by atoms with E-state index in [-0.39, 0.29) is 13.2 Å². The van der Waals surface area contributed by atoms with E-state index in [1.54, 1.807) is 6.92 Å². The maximum atomic E-state index is 11.9. The van der Waals surface area contributed by atoms with Crippen LogP contribution in [0.3, 0.4) is 0 Å². The van der Waals surface area contributed by atoms with E-state index in [2.05, 4.69) is 75.0 Å². The number of aryl methyl sites for hydroxylation is 2. The lowest BCUT2D eigenvalue weighted by Gasteiger charge is -2.15. The highest BCUT2D eigenvalue weighted by Crippen LogP contribution is 2.31. The summed E-state index contributed by atoms with van der Waals surface area (Å²) in [4.78, 5) is 11.9. The molecule has 1 N–H and O–H groups in total. The highest BCUT2D eigenvalue weighted by atomic mass is 16.5. The second-order valence-corrected chi connectivity index (χ2v) is 9.19. The molecule has 0 bridgehead atoms. The average Bonchev–Trinajstić information content (AvgIpc) is 2.88. The van der Waals surface area contributed by atoms with Crippen LogP contribution in [0, 0.1) is 0 Å². The highest BCUT2D eigenvalue weighted by molar-refractivity contribution is 5.87. The molecule has 0 spiro atoms. The van der Waals surface area contributed by atoms with Gasteiger partial charge in [-0.2, -0.15) is 0 Å². The first-order valence-electron chi connectivity index (χ1n) is 12.7. The number of aliphatic hydroxyl groups is 1. The lowest BCUT2D eigenvalue weighted by atomic mass is 9.91. The number of hydrogen-bond donors (Lipinski definition) is 1. The van der Waals surface area contributed by atoms with Gasteiger partial charge in [-0.3, -0.25) is 0 Å². The summed E-state index contributed by atoms with van der Waals surface area (Å²) < 4.78 is 5.42. The first kappa shape index (κ1) is 26.4. The third-order valence-electron chi connectivity index (χ3n) is 6.45. The molecular weight excluding hydrogens is 432 g/mol. The van der Waals surface area contributed by atoms with Crippen molar-refractivity contribution < 1.29 is 14.6 Å². The van der Waals surface area contributed by atoms with Crippen LogP contribution in [0.5, 0.6) is 0 Å². The molecule has 0 aliphatic rings. The van der Waals surface area contributed by atoms with Crippen molar-refractivity contribution in [2.24, 2.45) is 0 Å². The minimum Gasteiger partial charge on any atom is -0.457 e. The van der Waals surface area contributed by atoms with Crippen LogP contribution in [-0.2, 0) is 35.4 Å². The van der Waals surface area contributed by atoms with E-state index < -0.39 is 5.97 Å². The van der Waals surface area contributed by atoms with Crippen molar-refractivity contribution in [3.05, 3.63) is 95.1 Å². The molecule has 0 amide bonds. The minimum atomic E-state index is -0.402.